The van der Waals surface area contributed by atoms with Crippen LogP contribution < -0.4 is 0 Å². The van der Waals surface area contributed by atoms with Gasteiger partial charge < -0.3 is 13.7 Å². The van der Waals surface area contributed by atoms with Gasteiger partial charge in [-0.3, -0.25) is 0 Å². The topological polar surface area (TPSA) is 14.8 Å². The lowest BCUT2D eigenvalue weighted by Gasteiger charge is -2.12. The van der Waals surface area contributed by atoms with E-state index in [9.17, 15) is 0 Å². The predicted octanol–water partition coefficient (Wildman–Crippen LogP) is 13.9. The Labute approximate surface area is 314 Å². The Morgan fingerprint density at radius 3 is 1.54 bits per heavy atom. The number of rotatable bonds is 4. The highest BCUT2D eigenvalue weighted by atomic mass is 32.1. The largest absolute Gasteiger partial charge is 0.309 e. The zero-order chi connectivity index (χ0) is 35.3. The van der Waals surface area contributed by atoms with Gasteiger partial charge in [-0.2, -0.15) is 0 Å². The monoisotopic (exact) mass is 705 g/mol. The first kappa shape index (κ1) is 29.7. The lowest BCUT2D eigenvalue weighted by molar-refractivity contribution is 1.17. The Morgan fingerprint density at radius 1 is 0.315 bits per heavy atom. The third kappa shape index (κ3) is 4.11. The first-order chi connectivity index (χ1) is 26.8. The normalized spacial score (nSPS) is 12.1. The van der Waals surface area contributed by atoms with Crippen LogP contribution in [0.3, 0.4) is 0 Å². The van der Waals surface area contributed by atoms with E-state index in [1.807, 2.05) is 11.3 Å². The molecule has 0 aliphatic carbocycles. The summed E-state index contributed by atoms with van der Waals surface area (Å²) >= 11 is 1.87. The summed E-state index contributed by atoms with van der Waals surface area (Å²) in [7, 11) is 0. The molecular weight excluding hydrogens is 675 g/mol. The van der Waals surface area contributed by atoms with Gasteiger partial charge in [0.25, 0.3) is 0 Å². The van der Waals surface area contributed by atoms with Crippen molar-refractivity contribution in [2.75, 3.05) is 0 Å². The average molecular weight is 706 g/mol. The molecule has 54 heavy (non-hydrogen) atoms. The maximum atomic E-state index is 2.44. The van der Waals surface area contributed by atoms with E-state index in [-0.39, 0.29) is 0 Å². The molecule has 0 saturated carbocycles. The zero-order valence-corrected chi connectivity index (χ0v) is 30.0. The molecule has 0 aliphatic rings. The highest BCUT2D eigenvalue weighted by Crippen LogP contribution is 2.46. The van der Waals surface area contributed by atoms with Crippen LogP contribution in [-0.4, -0.2) is 13.7 Å². The molecule has 0 saturated heterocycles. The summed E-state index contributed by atoms with van der Waals surface area (Å²) in [6.45, 7) is 0. The summed E-state index contributed by atoms with van der Waals surface area (Å²) in [5, 5.41) is 8.98. The summed E-state index contributed by atoms with van der Waals surface area (Å²) in [6.07, 6.45) is 0. The van der Waals surface area contributed by atoms with Gasteiger partial charge in [0.1, 0.15) is 4.83 Å². The van der Waals surface area contributed by atoms with Gasteiger partial charge in [-0.05, 0) is 83.9 Å². The molecule has 0 N–H and O–H groups in total. The Bertz CT molecular complexity index is 3380. The molecule has 4 heteroatoms. The maximum Gasteiger partial charge on any atom is 0.109 e. The van der Waals surface area contributed by atoms with E-state index < -0.39 is 0 Å². The molecule has 8 aromatic carbocycles. The van der Waals surface area contributed by atoms with Crippen LogP contribution in [0.5, 0.6) is 0 Å². The molecule has 3 nitrogen and oxygen atoms in total. The smallest absolute Gasteiger partial charge is 0.109 e. The summed E-state index contributed by atoms with van der Waals surface area (Å²) in [5.41, 5.74) is 12.0. The van der Waals surface area contributed by atoms with Crippen molar-refractivity contribution in [2.45, 2.75) is 0 Å². The summed E-state index contributed by atoms with van der Waals surface area (Å²) in [5.74, 6) is 0. The molecule has 0 bridgehead atoms. The van der Waals surface area contributed by atoms with Crippen molar-refractivity contribution in [1.29, 1.82) is 0 Å². The minimum atomic E-state index is 1.15. The number of benzene rings is 8. The molecule has 0 atom stereocenters. The summed E-state index contributed by atoms with van der Waals surface area (Å²) < 4.78 is 8.58. The van der Waals surface area contributed by atoms with Crippen LogP contribution in [-0.2, 0) is 0 Å². The standard InChI is InChI=1S/C50H31N3S/c1-2-13-33(14-3-1)53-46-23-12-19-36(48(46)49-40-18-7-11-24-47(40)54-50(49)53)32-25-27-34(28-26-32)51-44-22-10-6-17-39(44)41-31-35(29-30-45(41)51)52-42-20-8-4-15-37(42)38-16-5-9-21-43(38)52/h1-31H. The van der Waals surface area contributed by atoms with E-state index in [2.05, 4.69) is 202 Å². The van der Waals surface area contributed by atoms with Crippen molar-refractivity contribution >= 4 is 86.2 Å². The molecule has 4 aromatic heterocycles. The predicted molar refractivity (Wildman–Crippen MR) is 230 cm³/mol. The van der Waals surface area contributed by atoms with E-state index in [4.69, 9.17) is 0 Å². The van der Waals surface area contributed by atoms with Gasteiger partial charge in [0.05, 0.1) is 27.6 Å². The van der Waals surface area contributed by atoms with Crippen LogP contribution in [0, 0.1) is 0 Å². The number of hydrogen-bond acceptors (Lipinski definition) is 1. The first-order valence-corrected chi connectivity index (χ1v) is 19.3. The second-order valence-electron chi connectivity index (χ2n) is 14.1. The van der Waals surface area contributed by atoms with Crippen molar-refractivity contribution in [1.82, 2.24) is 13.7 Å². The van der Waals surface area contributed by atoms with Crippen molar-refractivity contribution in [3.63, 3.8) is 0 Å². The fourth-order valence-corrected chi connectivity index (χ4v) is 10.2. The quantitative estimate of drug-likeness (QED) is 0.173. The van der Waals surface area contributed by atoms with Gasteiger partial charge in [0.15, 0.2) is 0 Å². The molecular formula is C50H31N3S. The molecule has 4 heterocycles. The van der Waals surface area contributed by atoms with Crippen LogP contribution in [0.4, 0.5) is 0 Å². The minimum Gasteiger partial charge on any atom is -0.309 e. The van der Waals surface area contributed by atoms with E-state index in [0.717, 1.165) is 5.69 Å². The maximum absolute atomic E-state index is 2.44. The van der Waals surface area contributed by atoms with Gasteiger partial charge in [-0.1, -0.05) is 115 Å². The van der Waals surface area contributed by atoms with Crippen LogP contribution in [0.25, 0.3) is 103 Å². The Morgan fingerprint density at radius 2 is 0.833 bits per heavy atom. The fraction of sp³-hybridized carbons (Fsp3) is 0. The van der Waals surface area contributed by atoms with E-state index in [1.54, 1.807) is 0 Å². The van der Waals surface area contributed by atoms with Gasteiger partial charge in [0, 0.05) is 59.5 Å². The number of para-hydroxylation sites is 4. The highest BCUT2D eigenvalue weighted by molar-refractivity contribution is 7.25. The Balaban J connectivity index is 1.04. The zero-order valence-electron chi connectivity index (χ0n) is 29.1. The molecule has 0 amide bonds. The van der Waals surface area contributed by atoms with Crippen molar-refractivity contribution in [2.24, 2.45) is 0 Å². The molecule has 0 unspecified atom stereocenters. The van der Waals surface area contributed by atoms with Crippen LogP contribution in [0.1, 0.15) is 0 Å². The van der Waals surface area contributed by atoms with Gasteiger partial charge in [-0.15, -0.1) is 11.3 Å². The first-order valence-electron chi connectivity index (χ1n) is 18.4. The Kier molecular flexibility index (Phi) is 6.21. The molecule has 0 spiro atoms. The van der Waals surface area contributed by atoms with Crippen LogP contribution in [0.2, 0.25) is 0 Å². The van der Waals surface area contributed by atoms with Crippen molar-refractivity contribution in [3.05, 3.63) is 188 Å². The molecule has 0 aliphatic heterocycles. The average Bonchev–Trinajstić information content (AvgIpc) is 3.97. The number of thiophene rings is 1. The minimum absolute atomic E-state index is 1.15. The summed E-state index contributed by atoms with van der Waals surface area (Å²) in [4.78, 5) is 1.28. The van der Waals surface area contributed by atoms with E-state index in [0.29, 0.717) is 0 Å². The Hall–Kier alpha value is -6.88. The molecule has 0 fully saturated rings. The molecule has 252 valence electrons. The SMILES string of the molecule is c1ccc(-n2c3cccc(-c4ccc(-n5c6ccccc6c6cc(-n7c8ccccc8c8ccccc87)ccc65)cc4)c3c3c4ccccc4sc32)cc1. The number of aromatic nitrogens is 3. The third-order valence-electron chi connectivity index (χ3n) is 11.3. The van der Waals surface area contributed by atoms with Crippen LogP contribution >= 0.6 is 11.3 Å². The van der Waals surface area contributed by atoms with Crippen molar-refractivity contribution in [3.8, 4) is 28.2 Å². The summed E-state index contributed by atoms with van der Waals surface area (Å²) in [6, 6.07) is 68.7. The number of fused-ring (bicyclic) bond motifs is 11. The highest BCUT2D eigenvalue weighted by Gasteiger charge is 2.21. The van der Waals surface area contributed by atoms with Gasteiger partial charge >= 0.3 is 0 Å². The van der Waals surface area contributed by atoms with Crippen LogP contribution in [0.15, 0.2) is 188 Å². The lowest BCUT2D eigenvalue weighted by atomic mass is 9.99. The molecule has 12 rings (SSSR count). The molecule has 12 aromatic rings. The van der Waals surface area contributed by atoms with Gasteiger partial charge in [0.2, 0.25) is 0 Å². The number of hydrogen-bond donors (Lipinski definition) is 0. The van der Waals surface area contributed by atoms with Gasteiger partial charge in [-0.25, -0.2) is 0 Å². The second-order valence-corrected chi connectivity index (χ2v) is 15.2. The van der Waals surface area contributed by atoms with E-state index in [1.165, 1.54) is 97.3 Å². The second kappa shape index (κ2) is 11.3. The number of nitrogens with zero attached hydrogens (tertiary/aromatic N) is 3. The van der Waals surface area contributed by atoms with Crippen molar-refractivity contribution < 1.29 is 0 Å². The third-order valence-corrected chi connectivity index (χ3v) is 12.4. The molecule has 0 radical (unpaired) electrons. The lowest BCUT2D eigenvalue weighted by Crippen LogP contribution is -1.96. The van der Waals surface area contributed by atoms with E-state index >= 15 is 0 Å². The fourth-order valence-electron chi connectivity index (χ4n) is 8.97.